The first-order chi connectivity index (χ1) is 12.4. The van der Waals surface area contributed by atoms with Crippen molar-refractivity contribution in [2.24, 2.45) is 0 Å². The fourth-order valence-corrected chi connectivity index (χ4v) is 3.55. The molecule has 1 N–H and O–H groups in total. The lowest BCUT2D eigenvalue weighted by Gasteiger charge is -2.38. The van der Waals surface area contributed by atoms with E-state index in [1.54, 1.807) is 24.3 Å². The summed E-state index contributed by atoms with van der Waals surface area (Å²) < 4.78 is 0. The Morgan fingerprint density at radius 1 is 1.00 bits per heavy atom. The first kappa shape index (κ1) is 17.7. The Kier molecular flexibility index (Phi) is 4.79. The van der Waals surface area contributed by atoms with Gasteiger partial charge in [0.1, 0.15) is 0 Å². The molecule has 3 rings (SSSR count). The molecule has 1 aliphatic heterocycles. The van der Waals surface area contributed by atoms with Crippen LogP contribution in [-0.2, 0) is 0 Å². The second-order valence-corrected chi connectivity index (χ2v) is 6.51. The minimum absolute atomic E-state index is 0.0946. The molecule has 1 heterocycles. The van der Waals surface area contributed by atoms with Crippen LogP contribution in [-0.4, -0.2) is 42.2 Å². The molecule has 136 valence electrons. The number of hydrogen-bond donors (Lipinski definition) is 1. The van der Waals surface area contributed by atoms with Gasteiger partial charge in [-0.1, -0.05) is 0 Å². The summed E-state index contributed by atoms with van der Waals surface area (Å²) in [4.78, 5) is 26.0. The van der Waals surface area contributed by atoms with Gasteiger partial charge in [0, 0.05) is 49.7 Å². The second kappa shape index (κ2) is 7.03. The van der Waals surface area contributed by atoms with E-state index < -0.39 is 10.9 Å². The summed E-state index contributed by atoms with van der Waals surface area (Å²) in [5.41, 5.74) is 4.41. The fourth-order valence-electron chi connectivity index (χ4n) is 3.55. The van der Waals surface area contributed by atoms with E-state index >= 15 is 0 Å². The molecule has 2 aromatic rings. The van der Waals surface area contributed by atoms with Crippen LogP contribution in [0.25, 0.3) is 0 Å². The predicted molar refractivity (Wildman–Crippen MR) is 100 cm³/mol. The molecule has 1 saturated heterocycles. The van der Waals surface area contributed by atoms with Crippen LogP contribution >= 0.6 is 0 Å². The smallest absolute Gasteiger partial charge is 0.335 e. The lowest BCUT2D eigenvalue weighted by Crippen LogP contribution is -2.47. The van der Waals surface area contributed by atoms with Crippen molar-refractivity contribution in [3.8, 4) is 0 Å². The van der Waals surface area contributed by atoms with Gasteiger partial charge in [-0.2, -0.15) is 0 Å². The summed E-state index contributed by atoms with van der Waals surface area (Å²) in [6.07, 6.45) is 0. The van der Waals surface area contributed by atoms with Crippen LogP contribution in [0.5, 0.6) is 0 Å². The number of nitro groups is 1. The van der Waals surface area contributed by atoms with Crippen LogP contribution in [0, 0.1) is 24.0 Å². The number of aromatic carboxylic acids is 1. The number of nitro benzene ring substituents is 1. The zero-order chi connectivity index (χ0) is 18.8. The van der Waals surface area contributed by atoms with E-state index in [1.807, 2.05) is 13.8 Å². The number of benzene rings is 2. The number of rotatable bonds is 4. The number of anilines is 2. The summed E-state index contributed by atoms with van der Waals surface area (Å²) >= 11 is 0. The molecule has 0 saturated carbocycles. The molecule has 26 heavy (non-hydrogen) atoms. The van der Waals surface area contributed by atoms with Gasteiger partial charge in [0.05, 0.1) is 10.5 Å². The average Bonchev–Trinajstić information content (AvgIpc) is 2.61. The molecule has 0 aliphatic carbocycles. The highest BCUT2D eigenvalue weighted by atomic mass is 16.6. The molecular formula is C19H21N3O4. The number of non-ortho nitro benzene ring substituents is 1. The number of carboxylic acid groups (broad SMARTS) is 1. The van der Waals surface area contributed by atoms with E-state index in [0.29, 0.717) is 5.56 Å². The normalized spacial score (nSPS) is 14.4. The molecule has 0 amide bonds. The topological polar surface area (TPSA) is 86.9 Å². The van der Waals surface area contributed by atoms with Crippen molar-refractivity contribution in [1.29, 1.82) is 0 Å². The summed E-state index contributed by atoms with van der Waals surface area (Å²) in [7, 11) is 0. The summed E-state index contributed by atoms with van der Waals surface area (Å²) in [5.74, 6) is -0.911. The van der Waals surface area contributed by atoms with E-state index in [9.17, 15) is 20.0 Å². The van der Waals surface area contributed by atoms with Gasteiger partial charge in [-0.3, -0.25) is 10.1 Å². The number of aryl methyl sites for hydroxylation is 2. The van der Waals surface area contributed by atoms with E-state index in [4.69, 9.17) is 0 Å². The van der Waals surface area contributed by atoms with E-state index in [0.717, 1.165) is 48.7 Å². The maximum Gasteiger partial charge on any atom is 0.335 e. The van der Waals surface area contributed by atoms with Crippen molar-refractivity contribution in [3.05, 3.63) is 63.2 Å². The molecule has 1 aliphatic rings. The molecule has 7 heteroatoms. The third-order valence-electron chi connectivity index (χ3n) is 4.76. The highest BCUT2D eigenvalue weighted by Gasteiger charge is 2.21. The number of carboxylic acids is 1. The van der Waals surface area contributed by atoms with Gasteiger partial charge in [-0.15, -0.1) is 0 Å². The van der Waals surface area contributed by atoms with Crippen LogP contribution in [0.1, 0.15) is 21.5 Å². The van der Waals surface area contributed by atoms with Gasteiger partial charge < -0.3 is 14.9 Å². The van der Waals surface area contributed by atoms with Crippen LogP contribution in [0.4, 0.5) is 17.1 Å². The minimum atomic E-state index is -0.911. The van der Waals surface area contributed by atoms with Crippen LogP contribution < -0.4 is 9.80 Å². The Morgan fingerprint density at radius 3 is 1.96 bits per heavy atom. The Hall–Kier alpha value is -3.09. The molecule has 0 atom stereocenters. The van der Waals surface area contributed by atoms with Crippen LogP contribution in [0.2, 0.25) is 0 Å². The number of piperazine rings is 1. The highest BCUT2D eigenvalue weighted by Crippen LogP contribution is 2.29. The van der Waals surface area contributed by atoms with Gasteiger partial charge in [0.2, 0.25) is 0 Å². The summed E-state index contributed by atoms with van der Waals surface area (Å²) in [6, 6.07) is 10.1. The fraction of sp³-hybridized carbons (Fsp3) is 0.316. The molecule has 7 nitrogen and oxygen atoms in total. The molecule has 1 fully saturated rings. The second-order valence-electron chi connectivity index (χ2n) is 6.51. The van der Waals surface area contributed by atoms with Gasteiger partial charge in [0.25, 0.3) is 5.69 Å². The maximum absolute atomic E-state index is 11.2. The van der Waals surface area contributed by atoms with Crippen LogP contribution in [0.15, 0.2) is 36.4 Å². The average molecular weight is 355 g/mol. The van der Waals surface area contributed by atoms with Crippen molar-refractivity contribution < 1.29 is 14.8 Å². The molecule has 0 radical (unpaired) electrons. The lowest BCUT2D eigenvalue weighted by atomic mass is 10.0. The third kappa shape index (κ3) is 3.46. The first-order valence-electron chi connectivity index (χ1n) is 8.45. The summed E-state index contributed by atoms with van der Waals surface area (Å²) in [6.45, 7) is 7.11. The van der Waals surface area contributed by atoms with E-state index in [1.165, 1.54) is 12.1 Å². The summed E-state index contributed by atoms with van der Waals surface area (Å²) in [5, 5.41) is 20.0. The van der Waals surface area contributed by atoms with Gasteiger partial charge in [-0.25, -0.2) is 4.79 Å². The Bertz CT molecular complexity index is 817. The Morgan fingerprint density at radius 2 is 1.50 bits per heavy atom. The molecule has 0 aromatic heterocycles. The van der Waals surface area contributed by atoms with Crippen molar-refractivity contribution in [1.82, 2.24) is 0 Å². The predicted octanol–water partition coefficient (Wildman–Crippen LogP) is 3.24. The van der Waals surface area contributed by atoms with Crippen molar-refractivity contribution in [2.75, 3.05) is 36.0 Å². The van der Waals surface area contributed by atoms with Gasteiger partial charge in [0.15, 0.2) is 0 Å². The quantitative estimate of drug-likeness (QED) is 0.669. The molecular weight excluding hydrogens is 334 g/mol. The van der Waals surface area contributed by atoms with Crippen molar-refractivity contribution in [3.63, 3.8) is 0 Å². The standard InChI is InChI=1S/C19H21N3O4/c1-13-11-15(19(23)24)12-14(2)18(13)21-9-7-20(8-10-21)16-3-5-17(6-4-16)22(25)26/h3-6,11-12H,7-10H2,1-2H3,(H,23,24). The van der Waals surface area contributed by atoms with E-state index in [-0.39, 0.29) is 5.69 Å². The zero-order valence-electron chi connectivity index (χ0n) is 14.8. The zero-order valence-corrected chi connectivity index (χ0v) is 14.8. The van der Waals surface area contributed by atoms with Gasteiger partial charge in [-0.05, 0) is 49.2 Å². The molecule has 0 spiro atoms. The maximum atomic E-state index is 11.2. The number of nitrogens with zero attached hydrogens (tertiary/aromatic N) is 3. The van der Waals surface area contributed by atoms with Crippen molar-refractivity contribution >= 4 is 23.0 Å². The lowest BCUT2D eigenvalue weighted by molar-refractivity contribution is -0.384. The first-order valence-corrected chi connectivity index (χ1v) is 8.45. The van der Waals surface area contributed by atoms with Gasteiger partial charge >= 0.3 is 5.97 Å². The molecule has 0 unspecified atom stereocenters. The number of hydrogen-bond acceptors (Lipinski definition) is 5. The largest absolute Gasteiger partial charge is 0.478 e. The SMILES string of the molecule is Cc1cc(C(=O)O)cc(C)c1N1CCN(c2ccc([N+](=O)[O-])cc2)CC1. The Balaban J connectivity index is 1.72. The number of carbonyl (C=O) groups is 1. The van der Waals surface area contributed by atoms with Crippen LogP contribution in [0.3, 0.4) is 0 Å². The third-order valence-corrected chi connectivity index (χ3v) is 4.76. The minimum Gasteiger partial charge on any atom is -0.478 e. The van der Waals surface area contributed by atoms with E-state index in [2.05, 4.69) is 9.80 Å². The molecule has 2 aromatic carbocycles. The highest BCUT2D eigenvalue weighted by molar-refractivity contribution is 5.89. The van der Waals surface area contributed by atoms with Crippen molar-refractivity contribution in [2.45, 2.75) is 13.8 Å². The monoisotopic (exact) mass is 355 g/mol. The molecule has 0 bridgehead atoms. The Labute approximate surface area is 151 Å².